The summed E-state index contributed by atoms with van der Waals surface area (Å²) in [4.78, 5) is 24.3. The Morgan fingerprint density at radius 3 is 2.86 bits per heavy atom. The normalized spacial score (nSPS) is 10.8. The van der Waals surface area contributed by atoms with Gasteiger partial charge in [-0.15, -0.1) is 0 Å². The number of fused-ring (bicyclic) bond motifs is 1. The Kier molecular flexibility index (Phi) is 4.59. The van der Waals surface area contributed by atoms with Crippen molar-refractivity contribution in [1.29, 1.82) is 0 Å². The molecule has 3 N–H and O–H groups in total. The standard InChI is InChI=1S/C15H19N3O3/c1-17-15(20)10-9-18(7-4-8-21-2)12-6-3-5-11(16)13(12)14(10)19/h3,5-6,9H,4,7-8,16H2,1-2H3,(H,17,20). The maximum atomic E-state index is 12.5. The number of amides is 1. The van der Waals surface area contributed by atoms with E-state index >= 15 is 0 Å². The summed E-state index contributed by atoms with van der Waals surface area (Å²) >= 11 is 0. The van der Waals surface area contributed by atoms with Crippen LogP contribution in [0.5, 0.6) is 0 Å². The van der Waals surface area contributed by atoms with Gasteiger partial charge < -0.3 is 20.4 Å². The summed E-state index contributed by atoms with van der Waals surface area (Å²) in [5, 5.41) is 2.87. The van der Waals surface area contributed by atoms with Crippen LogP contribution in [0.3, 0.4) is 0 Å². The third-order valence-electron chi connectivity index (χ3n) is 3.36. The number of nitrogens with one attached hydrogen (secondary N) is 1. The molecule has 6 nitrogen and oxygen atoms in total. The van der Waals surface area contributed by atoms with E-state index in [-0.39, 0.29) is 11.0 Å². The molecule has 0 unspecified atom stereocenters. The molecule has 0 radical (unpaired) electrons. The molecule has 112 valence electrons. The number of methoxy groups -OCH3 is 1. The zero-order valence-electron chi connectivity index (χ0n) is 12.2. The highest BCUT2D eigenvalue weighted by atomic mass is 16.5. The van der Waals surface area contributed by atoms with Gasteiger partial charge in [0, 0.05) is 39.2 Å². The van der Waals surface area contributed by atoms with E-state index in [0.29, 0.717) is 24.2 Å². The Morgan fingerprint density at radius 2 is 2.19 bits per heavy atom. The number of carbonyl (C=O) groups is 1. The van der Waals surface area contributed by atoms with Crippen LogP contribution in [-0.2, 0) is 11.3 Å². The zero-order valence-corrected chi connectivity index (χ0v) is 12.2. The van der Waals surface area contributed by atoms with Gasteiger partial charge in [-0.3, -0.25) is 9.59 Å². The predicted molar refractivity (Wildman–Crippen MR) is 82.5 cm³/mol. The first-order chi connectivity index (χ1) is 10.1. The summed E-state index contributed by atoms with van der Waals surface area (Å²) in [6.07, 6.45) is 2.36. The van der Waals surface area contributed by atoms with Crippen LogP contribution in [0.1, 0.15) is 16.8 Å². The van der Waals surface area contributed by atoms with Crippen LogP contribution in [-0.4, -0.2) is 31.2 Å². The van der Waals surface area contributed by atoms with Crippen LogP contribution >= 0.6 is 0 Å². The Balaban J connectivity index is 2.66. The Hall–Kier alpha value is -2.34. The number of aromatic nitrogens is 1. The average molecular weight is 289 g/mol. The minimum atomic E-state index is -0.411. The third-order valence-corrected chi connectivity index (χ3v) is 3.36. The van der Waals surface area contributed by atoms with E-state index in [1.807, 2.05) is 10.6 Å². The minimum Gasteiger partial charge on any atom is -0.398 e. The lowest BCUT2D eigenvalue weighted by Gasteiger charge is -2.14. The van der Waals surface area contributed by atoms with Gasteiger partial charge in [0.15, 0.2) is 0 Å². The smallest absolute Gasteiger partial charge is 0.256 e. The van der Waals surface area contributed by atoms with Crippen LogP contribution in [0.2, 0.25) is 0 Å². The molecule has 1 amide bonds. The molecule has 1 heterocycles. The fourth-order valence-electron chi connectivity index (χ4n) is 2.32. The lowest BCUT2D eigenvalue weighted by molar-refractivity contribution is 0.0961. The Morgan fingerprint density at radius 1 is 1.43 bits per heavy atom. The van der Waals surface area contributed by atoms with Crippen molar-refractivity contribution in [1.82, 2.24) is 9.88 Å². The van der Waals surface area contributed by atoms with Gasteiger partial charge in [-0.1, -0.05) is 6.07 Å². The molecule has 0 aliphatic heterocycles. The van der Waals surface area contributed by atoms with Crippen LogP contribution in [0.15, 0.2) is 29.2 Å². The molecule has 0 atom stereocenters. The first-order valence-electron chi connectivity index (χ1n) is 6.72. The molecule has 0 aliphatic carbocycles. The van der Waals surface area contributed by atoms with E-state index in [4.69, 9.17) is 10.5 Å². The van der Waals surface area contributed by atoms with E-state index in [0.717, 1.165) is 11.9 Å². The predicted octanol–water partition coefficient (Wildman–Crippen LogP) is 0.980. The van der Waals surface area contributed by atoms with Gasteiger partial charge in [-0.25, -0.2) is 0 Å². The van der Waals surface area contributed by atoms with Crippen LogP contribution in [0.25, 0.3) is 10.9 Å². The number of nitrogen functional groups attached to an aromatic ring is 1. The molecule has 0 saturated carbocycles. The number of aryl methyl sites for hydroxylation is 1. The molecule has 1 aromatic heterocycles. The minimum absolute atomic E-state index is 0.0975. The molecule has 0 bridgehead atoms. The molecule has 1 aromatic carbocycles. The fraction of sp³-hybridized carbons (Fsp3) is 0.333. The summed E-state index contributed by atoms with van der Waals surface area (Å²) in [5.41, 5.74) is 6.78. The average Bonchev–Trinajstić information content (AvgIpc) is 2.49. The van der Waals surface area contributed by atoms with E-state index in [9.17, 15) is 9.59 Å². The molecule has 0 spiro atoms. The summed E-state index contributed by atoms with van der Waals surface area (Å²) < 4.78 is 6.91. The molecule has 2 rings (SSSR count). The van der Waals surface area contributed by atoms with Gasteiger partial charge in [0.2, 0.25) is 5.43 Å². The number of ether oxygens (including phenoxy) is 1. The monoisotopic (exact) mass is 289 g/mol. The first-order valence-corrected chi connectivity index (χ1v) is 6.72. The highest BCUT2D eigenvalue weighted by Gasteiger charge is 2.15. The Bertz CT molecular complexity index is 722. The van der Waals surface area contributed by atoms with Gasteiger partial charge in [-0.05, 0) is 18.6 Å². The highest BCUT2D eigenvalue weighted by molar-refractivity contribution is 5.99. The van der Waals surface area contributed by atoms with Crippen molar-refractivity contribution in [2.24, 2.45) is 0 Å². The van der Waals surface area contributed by atoms with Gasteiger partial charge in [-0.2, -0.15) is 0 Å². The molecule has 21 heavy (non-hydrogen) atoms. The van der Waals surface area contributed by atoms with E-state index in [2.05, 4.69) is 5.32 Å². The van der Waals surface area contributed by atoms with Crippen molar-refractivity contribution in [3.05, 3.63) is 40.2 Å². The second-order valence-corrected chi connectivity index (χ2v) is 4.73. The number of hydrogen-bond acceptors (Lipinski definition) is 4. The number of carbonyl (C=O) groups excluding carboxylic acids is 1. The van der Waals surface area contributed by atoms with E-state index in [1.54, 1.807) is 25.4 Å². The van der Waals surface area contributed by atoms with E-state index < -0.39 is 5.91 Å². The largest absolute Gasteiger partial charge is 0.398 e. The van der Waals surface area contributed by atoms with Crippen molar-refractivity contribution in [2.45, 2.75) is 13.0 Å². The zero-order chi connectivity index (χ0) is 15.4. The lowest BCUT2D eigenvalue weighted by atomic mass is 10.1. The van der Waals surface area contributed by atoms with Gasteiger partial charge >= 0.3 is 0 Å². The topological polar surface area (TPSA) is 86.3 Å². The number of anilines is 1. The summed E-state index contributed by atoms with van der Waals surface area (Å²) in [5.74, 6) is -0.411. The summed E-state index contributed by atoms with van der Waals surface area (Å²) in [6.45, 7) is 1.24. The van der Waals surface area contributed by atoms with Crippen molar-refractivity contribution in [3.63, 3.8) is 0 Å². The summed E-state index contributed by atoms with van der Waals surface area (Å²) in [6, 6.07) is 5.29. The van der Waals surface area contributed by atoms with Crippen LogP contribution < -0.4 is 16.5 Å². The number of nitrogens with two attached hydrogens (primary N) is 1. The number of pyridine rings is 1. The SMILES string of the molecule is CNC(=O)c1cn(CCCOC)c2cccc(N)c2c1=O. The molecule has 0 aliphatic rings. The number of rotatable bonds is 5. The first kappa shape index (κ1) is 15.1. The second kappa shape index (κ2) is 6.41. The molecular formula is C15H19N3O3. The van der Waals surface area contributed by atoms with Gasteiger partial charge in [0.25, 0.3) is 5.91 Å². The lowest BCUT2D eigenvalue weighted by Crippen LogP contribution is -2.27. The van der Waals surface area contributed by atoms with Crippen LogP contribution in [0.4, 0.5) is 5.69 Å². The maximum Gasteiger partial charge on any atom is 0.256 e. The summed E-state index contributed by atoms with van der Waals surface area (Å²) in [7, 11) is 3.13. The number of hydrogen-bond donors (Lipinski definition) is 2. The van der Waals surface area contributed by atoms with Crippen molar-refractivity contribution in [2.75, 3.05) is 26.5 Å². The quantitative estimate of drug-likeness (QED) is 0.634. The number of benzene rings is 1. The van der Waals surface area contributed by atoms with E-state index in [1.165, 1.54) is 7.05 Å². The highest BCUT2D eigenvalue weighted by Crippen LogP contribution is 2.18. The van der Waals surface area contributed by atoms with Gasteiger partial charge in [0.1, 0.15) is 5.56 Å². The molecule has 6 heteroatoms. The Labute approximate surface area is 122 Å². The number of nitrogens with zero attached hydrogens (tertiary/aromatic N) is 1. The molecule has 0 saturated heterocycles. The molecule has 0 fully saturated rings. The molecular weight excluding hydrogens is 270 g/mol. The van der Waals surface area contributed by atoms with Crippen molar-refractivity contribution in [3.8, 4) is 0 Å². The fourth-order valence-corrected chi connectivity index (χ4v) is 2.32. The van der Waals surface area contributed by atoms with Crippen molar-refractivity contribution >= 4 is 22.5 Å². The van der Waals surface area contributed by atoms with Gasteiger partial charge in [0.05, 0.1) is 10.9 Å². The van der Waals surface area contributed by atoms with Crippen molar-refractivity contribution < 1.29 is 9.53 Å². The maximum absolute atomic E-state index is 12.5. The van der Waals surface area contributed by atoms with Crippen LogP contribution in [0, 0.1) is 0 Å². The molecule has 2 aromatic rings. The third kappa shape index (κ3) is 2.90. The second-order valence-electron chi connectivity index (χ2n) is 4.73.